The lowest BCUT2D eigenvalue weighted by molar-refractivity contribution is -0.141. The van der Waals surface area contributed by atoms with Crippen molar-refractivity contribution in [3.05, 3.63) is 48.5 Å². The highest BCUT2D eigenvalue weighted by molar-refractivity contribution is 5.93. The molecule has 1 heterocycles. The maximum atomic E-state index is 12.4. The van der Waals surface area contributed by atoms with Crippen LogP contribution in [0, 0.1) is 0 Å². The number of ether oxygens (including phenoxy) is 1. The molecule has 2 aromatic carbocycles. The van der Waals surface area contributed by atoms with Crippen LogP contribution in [-0.4, -0.2) is 41.7 Å². The van der Waals surface area contributed by atoms with Crippen LogP contribution >= 0.6 is 0 Å². The highest BCUT2D eigenvalue weighted by Crippen LogP contribution is 2.31. The van der Waals surface area contributed by atoms with Gasteiger partial charge in [-0.15, -0.1) is 0 Å². The summed E-state index contributed by atoms with van der Waals surface area (Å²) in [5.74, 6) is -0.216. The number of carboxylic acid groups (broad SMARTS) is 1. The molecule has 130 valence electrons. The van der Waals surface area contributed by atoms with Gasteiger partial charge in [0, 0.05) is 17.8 Å². The van der Waals surface area contributed by atoms with Crippen LogP contribution in [0.4, 0.5) is 10.5 Å². The molecular weight excluding hydrogens is 320 g/mol. The predicted octanol–water partition coefficient (Wildman–Crippen LogP) is 3.44. The summed E-state index contributed by atoms with van der Waals surface area (Å²) < 4.78 is 5.38. The number of para-hydroxylation sites is 1. The van der Waals surface area contributed by atoms with E-state index in [1.54, 1.807) is 13.2 Å². The molecule has 0 aromatic heterocycles. The number of hydrogen-bond donors (Lipinski definition) is 2. The van der Waals surface area contributed by atoms with E-state index in [4.69, 9.17) is 4.74 Å². The van der Waals surface area contributed by atoms with Gasteiger partial charge in [0.15, 0.2) is 0 Å². The van der Waals surface area contributed by atoms with Gasteiger partial charge in [0.1, 0.15) is 11.8 Å². The monoisotopic (exact) mass is 340 g/mol. The van der Waals surface area contributed by atoms with Crippen molar-refractivity contribution < 1.29 is 19.4 Å². The molecule has 0 bridgehead atoms. The summed E-state index contributed by atoms with van der Waals surface area (Å²) in [7, 11) is 1.61. The van der Waals surface area contributed by atoms with Crippen LogP contribution in [0.5, 0.6) is 5.75 Å². The van der Waals surface area contributed by atoms with Crippen molar-refractivity contribution in [2.24, 2.45) is 0 Å². The number of likely N-dealkylation sites (tertiary alicyclic amines) is 1. The Balaban J connectivity index is 1.80. The maximum Gasteiger partial charge on any atom is 0.326 e. The summed E-state index contributed by atoms with van der Waals surface area (Å²) in [6.07, 6.45) is 1.19. The molecule has 1 unspecified atom stereocenters. The number of benzene rings is 2. The summed E-state index contributed by atoms with van der Waals surface area (Å²) >= 11 is 0. The van der Waals surface area contributed by atoms with Gasteiger partial charge in [-0.2, -0.15) is 0 Å². The van der Waals surface area contributed by atoms with Crippen LogP contribution in [0.1, 0.15) is 12.8 Å². The minimum Gasteiger partial charge on any atom is -0.496 e. The first-order valence-electron chi connectivity index (χ1n) is 8.14. The van der Waals surface area contributed by atoms with Crippen LogP contribution in [0.2, 0.25) is 0 Å². The maximum absolute atomic E-state index is 12.4. The van der Waals surface area contributed by atoms with Crippen molar-refractivity contribution in [3.8, 4) is 16.9 Å². The Bertz CT molecular complexity index is 790. The summed E-state index contributed by atoms with van der Waals surface area (Å²) in [6.45, 7) is 0.453. The fraction of sp³-hybridized carbons (Fsp3) is 0.263. The number of anilines is 1. The van der Waals surface area contributed by atoms with Gasteiger partial charge in [-0.05, 0) is 36.6 Å². The molecule has 2 aromatic rings. The molecule has 3 rings (SSSR count). The summed E-state index contributed by atoms with van der Waals surface area (Å²) in [5, 5.41) is 12.0. The number of rotatable bonds is 4. The molecule has 25 heavy (non-hydrogen) atoms. The zero-order chi connectivity index (χ0) is 17.8. The number of carboxylic acids is 1. The average molecular weight is 340 g/mol. The SMILES string of the molecule is COc1ccccc1-c1cccc(NC(=O)N2CCCC2C(=O)O)c1. The topological polar surface area (TPSA) is 78.9 Å². The predicted molar refractivity (Wildman–Crippen MR) is 94.8 cm³/mol. The molecule has 1 aliphatic heterocycles. The second-order valence-corrected chi connectivity index (χ2v) is 5.90. The Hall–Kier alpha value is -3.02. The summed E-state index contributed by atoms with van der Waals surface area (Å²) in [6, 6.07) is 13.9. The molecular formula is C19H20N2O4. The zero-order valence-electron chi connectivity index (χ0n) is 13.9. The quantitative estimate of drug-likeness (QED) is 0.893. The van der Waals surface area contributed by atoms with E-state index in [2.05, 4.69) is 5.32 Å². The molecule has 2 N–H and O–H groups in total. The van der Waals surface area contributed by atoms with Crippen LogP contribution in [0.15, 0.2) is 48.5 Å². The number of urea groups is 1. The van der Waals surface area contributed by atoms with Crippen molar-refractivity contribution in [2.75, 3.05) is 19.0 Å². The lowest BCUT2D eigenvalue weighted by Gasteiger charge is -2.22. The number of methoxy groups -OCH3 is 1. The second kappa shape index (κ2) is 7.25. The van der Waals surface area contributed by atoms with Crippen molar-refractivity contribution in [1.29, 1.82) is 0 Å². The highest BCUT2D eigenvalue weighted by Gasteiger charge is 2.33. The van der Waals surface area contributed by atoms with Crippen molar-refractivity contribution in [3.63, 3.8) is 0 Å². The van der Waals surface area contributed by atoms with E-state index in [1.807, 2.05) is 42.5 Å². The largest absolute Gasteiger partial charge is 0.496 e. The third-order valence-corrected chi connectivity index (χ3v) is 4.33. The van der Waals surface area contributed by atoms with Gasteiger partial charge < -0.3 is 20.1 Å². The summed E-state index contributed by atoms with van der Waals surface area (Å²) in [4.78, 5) is 25.0. The molecule has 0 saturated carbocycles. The third-order valence-electron chi connectivity index (χ3n) is 4.33. The minimum atomic E-state index is -0.963. The van der Waals surface area contributed by atoms with Gasteiger partial charge in [-0.1, -0.05) is 30.3 Å². The van der Waals surface area contributed by atoms with Crippen molar-refractivity contribution >= 4 is 17.7 Å². The van der Waals surface area contributed by atoms with Crippen LogP contribution in [0.25, 0.3) is 11.1 Å². The Morgan fingerprint density at radius 1 is 1.20 bits per heavy atom. The number of amides is 2. The lowest BCUT2D eigenvalue weighted by Crippen LogP contribution is -2.42. The van der Waals surface area contributed by atoms with Gasteiger partial charge in [-0.25, -0.2) is 9.59 Å². The molecule has 2 amide bonds. The fourth-order valence-corrected chi connectivity index (χ4v) is 3.11. The van der Waals surface area contributed by atoms with Gasteiger partial charge in [-0.3, -0.25) is 0 Å². The van der Waals surface area contributed by atoms with E-state index in [-0.39, 0.29) is 6.03 Å². The number of hydrogen-bond acceptors (Lipinski definition) is 3. The number of carbonyl (C=O) groups excluding carboxylic acids is 1. The minimum absolute atomic E-state index is 0.387. The van der Waals surface area contributed by atoms with Gasteiger partial charge >= 0.3 is 12.0 Å². The van der Waals surface area contributed by atoms with Gasteiger partial charge in [0.05, 0.1) is 7.11 Å². The number of nitrogens with one attached hydrogen (secondary N) is 1. The van der Waals surface area contributed by atoms with E-state index in [0.29, 0.717) is 25.1 Å². The second-order valence-electron chi connectivity index (χ2n) is 5.90. The Labute approximate surface area is 146 Å². The smallest absolute Gasteiger partial charge is 0.326 e. The molecule has 1 atom stereocenters. The zero-order valence-corrected chi connectivity index (χ0v) is 13.9. The number of nitrogens with zero attached hydrogens (tertiary/aromatic N) is 1. The highest BCUT2D eigenvalue weighted by atomic mass is 16.5. The van der Waals surface area contributed by atoms with Gasteiger partial charge in [0.2, 0.25) is 0 Å². The molecule has 0 radical (unpaired) electrons. The standard InChI is InChI=1S/C19H20N2O4/c1-25-17-10-3-2-8-15(17)13-6-4-7-14(12-13)20-19(24)21-11-5-9-16(21)18(22)23/h2-4,6-8,10,12,16H,5,9,11H2,1H3,(H,20,24)(H,22,23). The van der Waals surface area contributed by atoms with E-state index in [1.165, 1.54) is 4.90 Å². The number of aliphatic carboxylic acids is 1. The summed E-state index contributed by atoms with van der Waals surface area (Å²) in [5.41, 5.74) is 2.45. The molecule has 0 aliphatic carbocycles. The molecule has 6 nitrogen and oxygen atoms in total. The van der Waals surface area contributed by atoms with E-state index >= 15 is 0 Å². The van der Waals surface area contributed by atoms with Crippen molar-refractivity contribution in [2.45, 2.75) is 18.9 Å². The fourth-order valence-electron chi connectivity index (χ4n) is 3.11. The normalized spacial score (nSPS) is 16.5. The lowest BCUT2D eigenvalue weighted by atomic mass is 10.0. The molecule has 1 fully saturated rings. The van der Waals surface area contributed by atoms with Gasteiger partial charge in [0.25, 0.3) is 0 Å². The first-order valence-corrected chi connectivity index (χ1v) is 8.14. The number of carbonyl (C=O) groups is 2. The molecule has 1 aliphatic rings. The Morgan fingerprint density at radius 3 is 2.76 bits per heavy atom. The first-order chi connectivity index (χ1) is 12.1. The van der Waals surface area contributed by atoms with E-state index in [0.717, 1.165) is 16.9 Å². The molecule has 0 spiro atoms. The van der Waals surface area contributed by atoms with Crippen LogP contribution in [0.3, 0.4) is 0 Å². The van der Waals surface area contributed by atoms with Crippen LogP contribution < -0.4 is 10.1 Å². The van der Waals surface area contributed by atoms with Crippen molar-refractivity contribution in [1.82, 2.24) is 4.90 Å². The Morgan fingerprint density at radius 2 is 2.00 bits per heavy atom. The average Bonchev–Trinajstić information content (AvgIpc) is 3.12. The van der Waals surface area contributed by atoms with E-state index in [9.17, 15) is 14.7 Å². The molecule has 6 heteroatoms. The van der Waals surface area contributed by atoms with Crippen LogP contribution in [-0.2, 0) is 4.79 Å². The first kappa shape index (κ1) is 16.8. The molecule has 1 saturated heterocycles. The van der Waals surface area contributed by atoms with E-state index < -0.39 is 12.0 Å². The Kier molecular flexibility index (Phi) is 4.88. The third kappa shape index (κ3) is 3.57.